The number of rotatable bonds is 6. The standard InChI is InChI=1S/C20H23N/c1-16(2)12-13-18-10-7-11-20(14-18)17(3)21-15-19-8-5-4-6-9-19/h4-11,14H,1,12-13,15H2,2-3H3. The summed E-state index contributed by atoms with van der Waals surface area (Å²) in [5.41, 5.74) is 6.14. The molecule has 2 aromatic carbocycles. The lowest BCUT2D eigenvalue weighted by molar-refractivity contribution is 0.945. The van der Waals surface area contributed by atoms with Gasteiger partial charge in [-0.2, -0.15) is 0 Å². The van der Waals surface area contributed by atoms with E-state index in [-0.39, 0.29) is 0 Å². The Morgan fingerprint density at radius 1 is 0.952 bits per heavy atom. The highest BCUT2D eigenvalue weighted by atomic mass is 14.7. The van der Waals surface area contributed by atoms with Gasteiger partial charge in [-0.25, -0.2) is 0 Å². The number of hydrogen-bond acceptors (Lipinski definition) is 1. The van der Waals surface area contributed by atoms with E-state index in [2.05, 4.69) is 69.0 Å². The second kappa shape index (κ2) is 7.58. The van der Waals surface area contributed by atoms with E-state index in [0.29, 0.717) is 0 Å². The molecule has 0 aliphatic heterocycles. The number of aryl methyl sites for hydroxylation is 1. The van der Waals surface area contributed by atoms with Crippen LogP contribution >= 0.6 is 0 Å². The topological polar surface area (TPSA) is 12.4 Å². The second-order valence-corrected chi connectivity index (χ2v) is 5.54. The van der Waals surface area contributed by atoms with Crippen LogP contribution in [0, 0.1) is 0 Å². The third-order valence-electron chi connectivity index (χ3n) is 3.53. The molecule has 0 atom stereocenters. The van der Waals surface area contributed by atoms with Gasteiger partial charge in [-0.05, 0) is 49.4 Å². The monoisotopic (exact) mass is 277 g/mol. The minimum Gasteiger partial charge on any atom is -0.285 e. The van der Waals surface area contributed by atoms with Crippen molar-refractivity contribution in [3.63, 3.8) is 0 Å². The maximum absolute atomic E-state index is 4.70. The molecule has 0 bridgehead atoms. The van der Waals surface area contributed by atoms with Crippen molar-refractivity contribution < 1.29 is 0 Å². The Morgan fingerprint density at radius 3 is 2.38 bits per heavy atom. The molecule has 0 saturated heterocycles. The number of allylic oxidation sites excluding steroid dienone is 1. The molecule has 0 radical (unpaired) electrons. The Hall–Kier alpha value is -2.15. The highest BCUT2D eigenvalue weighted by molar-refractivity contribution is 5.98. The van der Waals surface area contributed by atoms with Crippen LogP contribution in [0.5, 0.6) is 0 Å². The summed E-state index contributed by atoms with van der Waals surface area (Å²) in [4.78, 5) is 4.70. The summed E-state index contributed by atoms with van der Waals surface area (Å²) in [5, 5.41) is 0. The molecule has 0 aromatic heterocycles. The summed E-state index contributed by atoms with van der Waals surface area (Å²) in [5.74, 6) is 0. The van der Waals surface area contributed by atoms with Gasteiger partial charge in [0.2, 0.25) is 0 Å². The van der Waals surface area contributed by atoms with E-state index in [1.54, 1.807) is 0 Å². The van der Waals surface area contributed by atoms with Crippen molar-refractivity contribution in [2.45, 2.75) is 33.2 Å². The van der Waals surface area contributed by atoms with Crippen molar-refractivity contribution in [1.82, 2.24) is 0 Å². The molecule has 0 fully saturated rings. The van der Waals surface area contributed by atoms with Crippen LogP contribution in [-0.2, 0) is 13.0 Å². The molecule has 0 unspecified atom stereocenters. The van der Waals surface area contributed by atoms with Crippen molar-refractivity contribution in [1.29, 1.82) is 0 Å². The van der Waals surface area contributed by atoms with Gasteiger partial charge < -0.3 is 0 Å². The van der Waals surface area contributed by atoms with E-state index in [4.69, 9.17) is 4.99 Å². The minimum atomic E-state index is 0.739. The quantitative estimate of drug-likeness (QED) is 0.508. The van der Waals surface area contributed by atoms with E-state index in [1.165, 1.54) is 22.3 Å². The van der Waals surface area contributed by atoms with Crippen LogP contribution in [-0.4, -0.2) is 5.71 Å². The normalized spacial score (nSPS) is 11.4. The molecule has 1 heteroatoms. The largest absolute Gasteiger partial charge is 0.285 e. The predicted octanol–water partition coefficient (Wildman–Crippen LogP) is 5.20. The summed E-state index contributed by atoms with van der Waals surface area (Å²) in [6.07, 6.45) is 2.10. The van der Waals surface area contributed by atoms with E-state index in [1.807, 2.05) is 6.07 Å². The Morgan fingerprint density at radius 2 is 1.67 bits per heavy atom. The van der Waals surface area contributed by atoms with Gasteiger partial charge in [0.25, 0.3) is 0 Å². The minimum absolute atomic E-state index is 0.739. The molecule has 2 aromatic rings. The SMILES string of the molecule is C=C(C)CCc1cccc(C(C)=NCc2ccccc2)c1. The Bertz CT molecular complexity index is 623. The van der Waals surface area contributed by atoms with Gasteiger partial charge >= 0.3 is 0 Å². The lowest BCUT2D eigenvalue weighted by Gasteiger charge is -2.06. The van der Waals surface area contributed by atoms with E-state index >= 15 is 0 Å². The summed E-state index contributed by atoms with van der Waals surface area (Å²) in [6.45, 7) is 8.87. The van der Waals surface area contributed by atoms with Crippen LogP contribution in [0.1, 0.15) is 37.0 Å². The smallest absolute Gasteiger partial charge is 0.0643 e. The molecule has 0 N–H and O–H groups in total. The van der Waals surface area contributed by atoms with E-state index in [9.17, 15) is 0 Å². The van der Waals surface area contributed by atoms with Gasteiger partial charge in [0, 0.05) is 5.71 Å². The molecule has 0 aliphatic carbocycles. The van der Waals surface area contributed by atoms with Crippen LogP contribution < -0.4 is 0 Å². The van der Waals surface area contributed by atoms with Crippen molar-refractivity contribution in [2.24, 2.45) is 4.99 Å². The molecule has 0 aliphatic rings. The Balaban J connectivity index is 2.06. The molecular weight excluding hydrogens is 254 g/mol. The lowest BCUT2D eigenvalue weighted by Crippen LogP contribution is -1.97. The van der Waals surface area contributed by atoms with Gasteiger partial charge in [0.1, 0.15) is 0 Å². The molecule has 2 rings (SSSR count). The predicted molar refractivity (Wildman–Crippen MR) is 91.9 cm³/mol. The summed E-state index contributed by atoms with van der Waals surface area (Å²) < 4.78 is 0. The highest BCUT2D eigenvalue weighted by Gasteiger charge is 2.00. The maximum atomic E-state index is 4.70. The van der Waals surface area contributed by atoms with Crippen molar-refractivity contribution in [2.75, 3.05) is 0 Å². The fourth-order valence-electron chi connectivity index (χ4n) is 2.19. The van der Waals surface area contributed by atoms with Gasteiger partial charge in [-0.1, -0.05) is 54.1 Å². The molecule has 0 saturated carbocycles. The second-order valence-electron chi connectivity index (χ2n) is 5.54. The molecule has 1 nitrogen and oxygen atoms in total. The highest BCUT2D eigenvalue weighted by Crippen LogP contribution is 2.12. The number of hydrogen-bond donors (Lipinski definition) is 0. The first-order chi connectivity index (χ1) is 10.1. The number of aliphatic imine (C=N–C) groups is 1. The zero-order valence-corrected chi connectivity index (χ0v) is 13.0. The fourth-order valence-corrected chi connectivity index (χ4v) is 2.19. The third kappa shape index (κ3) is 5.03. The summed E-state index contributed by atoms with van der Waals surface area (Å²) in [6, 6.07) is 19.0. The third-order valence-corrected chi connectivity index (χ3v) is 3.53. The molecule has 0 amide bonds. The molecule has 108 valence electrons. The van der Waals surface area contributed by atoms with Crippen molar-refractivity contribution in [3.8, 4) is 0 Å². The van der Waals surface area contributed by atoms with Gasteiger partial charge in [-0.15, -0.1) is 6.58 Å². The Labute approximate surface area is 128 Å². The average molecular weight is 277 g/mol. The molecule has 0 heterocycles. The average Bonchev–Trinajstić information content (AvgIpc) is 2.52. The maximum Gasteiger partial charge on any atom is 0.0643 e. The first-order valence-electron chi connectivity index (χ1n) is 7.44. The number of nitrogens with zero attached hydrogens (tertiary/aromatic N) is 1. The summed E-state index contributed by atoms with van der Waals surface area (Å²) >= 11 is 0. The first kappa shape index (κ1) is 15.2. The van der Waals surface area contributed by atoms with Crippen molar-refractivity contribution >= 4 is 5.71 Å². The fraction of sp³-hybridized carbons (Fsp3) is 0.250. The zero-order valence-electron chi connectivity index (χ0n) is 13.0. The van der Waals surface area contributed by atoms with Gasteiger partial charge in [0.15, 0.2) is 0 Å². The van der Waals surface area contributed by atoms with Crippen LogP contribution in [0.2, 0.25) is 0 Å². The number of benzene rings is 2. The first-order valence-corrected chi connectivity index (χ1v) is 7.44. The summed E-state index contributed by atoms with van der Waals surface area (Å²) in [7, 11) is 0. The van der Waals surface area contributed by atoms with Crippen LogP contribution in [0.15, 0.2) is 71.7 Å². The van der Waals surface area contributed by atoms with Gasteiger partial charge in [0.05, 0.1) is 6.54 Å². The zero-order chi connectivity index (χ0) is 15.1. The van der Waals surface area contributed by atoms with Crippen LogP contribution in [0.25, 0.3) is 0 Å². The van der Waals surface area contributed by atoms with Crippen LogP contribution in [0.4, 0.5) is 0 Å². The Kier molecular flexibility index (Phi) is 5.51. The van der Waals surface area contributed by atoms with Gasteiger partial charge in [-0.3, -0.25) is 4.99 Å². The van der Waals surface area contributed by atoms with Crippen molar-refractivity contribution in [3.05, 3.63) is 83.4 Å². The lowest BCUT2D eigenvalue weighted by atomic mass is 10.0. The van der Waals surface area contributed by atoms with Crippen LogP contribution in [0.3, 0.4) is 0 Å². The van der Waals surface area contributed by atoms with E-state index in [0.717, 1.165) is 25.1 Å². The molecule has 21 heavy (non-hydrogen) atoms. The van der Waals surface area contributed by atoms with E-state index < -0.39 is 0 Å². The molecular formula is C20H23N. The molecule has 0 spiro atoms.